The Morgan fingerprint density at radius 1 is 1.40 bits per heavy atom. The van der Waals surface area contributed by atoms with Crippen LogP contribution in [-0.4, -0.2) is 29.2 Å². The maximum absolute atomic E-state index is 12.2. The van der Waals surface area contributed by atoms with Crippen LogP contribution in [0.15, 0.2) is 36.4 Å². The maximum Gasteiger partial charge on any atom is 0.410 e. The van der Waals surface area contributed by atoms with Crippen LogP contribution in [0.5, 0.6) is 0 Å². The van der Waals surface area contributed by atoms with E-state index in [1.165, 1.54) is 4.90 Å². The summed E-state index contributed by atoms with van der Waals surface area (Å²) in [7, 11) is 0. The van der Waals surface area contributed by atoms with Crippen LogP contribution in [0.1, 0.15) is 40.5 Å². The van der Waals surface area contributed by atoms with E-state index in [1.54, 1.807) is 6.08 Å². The predicted octanol–water partition coefficient (Wildman–Crippen LogP) is 4.10. The van der Waals surface area contributed by atoms with Crippen LogP contribution in [0, 0.1) is 0 Å². The van der Waals surface area contributed by atoms with Gasteiger partial charge in [-0.25, -0.2) is 4.79 Å². The minimum Gasteiger partial charge on any atom is -0.444 e. The van der Waals surface area contributed by atoms with Crippen LogP contribution in [0.25, 0.3) is 6.08 Å². The summed E-state index contributed by atoms with van der Waals surface area (Å²) < 4.78 is 14.0. The molecule has 1 aliphatic rings. The first-order chi connectivity index (χ1) is 9.80. The summed E-state index contributed by atoms with van der Waals surface area (Å²) in [6.45, 7) is 6.09. The lowest BCUT2D eigenvalue weighted by Crippen LogP contribution is -2.39. The molecule has 2 rings (SSSR count). The van der Waals surface area contributed by atoms with Crippen molar-refractivity contribution in [1.82, 2.24) is 4.90 Å². The Kier molecular flexibility index (Phi) is 4.05. The molecule has 1 heterocycles. The standard InChI is InChI=1S/C17H23NO2/c1-17(2,3)20-16(19)18-13-7-10-15(18)12-11-14-8-5-4-6-9-14/h4-6,8-9,11-12,15H,7,10,13H2,1-3H3/b12-11+/i15D. The number of benzene rings is 1. The zero-order valence-electron chi connectivity index (χ0n) is 13.4. The van der Waals surface area contributed by atoms with Crippen molar-refractivity contribution in [3.63, 3.8) is 0 Å². The number of hydrogen-bond donors (Lipinski definition) is 0. The molecule has 1 amide bonds. The van der Waals surface area contributed by atoms with E-state index in [2.05, 4.69) is 0 Å². The summed E-state index contributed by atoms with van der Waals surface area (Å²) in [5, 5.41) is 0. The van der Waals surface area contributed by atoms with Gasteiger partial charge in [0.2, 0.25) is 0 Å². The zero-order chi connectivity index (χ0) is 15.5. The molecule has 0 aromatic heterocycles. The van der Waals surface area contributed by atoms with Gasteiger partial charge in [-0.2, -0.15) is 0 Å². The van der Waals surface area contributed by atoms with Crippen molar-refractivity contribution in [2.45, 2.75) is 45.2 Å². The number of hydrogen-bond acceptors (Lipinski definition) is 2. The summed E-state index contributed by atoms with van der Waals surface area (Å²) in [4.78, 5) is 13.7. The molecular weight excluding hydrogens is 250 g/mol. The molecule has 1 unspecified atom stereocenters. The van der Waals surface area contributed by atoms with E-state index in [4.69, 9.17) is 6.11 Å². The van der Waals surface area contributed by atoms with Gasteiger partial charge in [-0.3, -0.25) is 0 Å². The number of nitrogens with zero attached hydrogens (tertiary/aromatic N) is 1. The fraction of sp³-hybridized carbons (Fsp3) is 0.471. The van der Waals surface area contributed by atoms with Gasteiger partial charge < -0.3 is 9.64 Å². The van der Waals surface area contributed by atoms with Crippen molar-refractivity contribution in [3.05, 3.63) is 42.0 Å². The van der Waals surface area contributed by atoms with Gasteiger partial charge >= 0.3 is 6.09 Å². The lowest BCUT2D eigenvalue weighted by atomic mass is 10.1. The smallest absolute Gasteiger partial charge is 0.410 e. The van der Waals surface area contributed by atoms with Gasteiger partial charge in [0.15, 0.2) is 0 Å². The second kappa shape index (κ2) is 6.12. The first-order valence-electron chi connectivity index (χ1n) is 7.55. The largest absolute Gasteiger partial charge is 0.444 e. The Hall–Kier alpha value is -1.77. The lowest BCUT2D eigenvalue weighted by Gasteiger charge is -2.27. The Balaban J connectivity index is 2.12. The maximum atomic E-state index is 12.2. The molecule has 0 spiro atoms. The van der Waals surface area contributed by atoms with E-state index in [9.17, 15) is 4.79 Å². The molecule has 0 bridgehead atoms. The Morgan fingerprint density at radius 3 is 2.75 bits per heavy atom. The van der Waals surface area contributed by atoms with Crippen LogP contribution in [0.2, 0.25) is 0 Å². The van der Waals surface area contributed by atoms with E-state index in [0.717, 1.165) is 12.0 Å². The lowest BCUT2D eigenvalue weighted by molar-refractivity contribution is 0.0256. The van der Waals surface area contributed by atoms with Crippen LogP contribution < -0.4 is 0 Å². The molecule has 3 nitrogen and oxygen atoms in total. The van der Waals surface area contributed by atoms with Gasteiger partial charge in [0.25, 0.3) is 0 Å². The number of ether oxygens (including phenoxy) is 1. The molecule has 0 N–H and O–H groups in total. The molecule has 1 atom stereocenters. The van der Waals surface area contributed by atoms with Crippen LogP contribution in [0.4, 0.5) is 4.79 Å². The van der Waals surface area contributed by atoms with Gasteiger partial charge in [0.1, 0.15) is 5.60 Å². The number of rotatable bonds is 2. The molecular formula is C17H23NO2. The van der Waals surface area contributed by atoms with Gasteiger partial charge in [0, 0.05) is 6.54 Å². The number of amides is 1. The van der Waals surface area contributed by atoms with Crippen molar-refractivity contribution in [3.8, 4) is 0 Å². The summed E-state index contributed by atoms with van der Waals surface area (Å²) in [6, 6.07) is 8.81. The summed E-state index contributed by atoms with van der Waals surface area (Å²) in [6.07, 6.45) is 4.74. The number of carbonyl (C=O) groups is 1. The van der Waals surface area contributed by atoms with Crippen molar-refractivity contribution in [1.29, 1.82) is 0 Å². The van der Waals surface area contributed by atoms with Gasteiger partial charge in [-0.05, 0) is 39.2 Å². The minimum absolute atomic E-state index is 0.410. The van der Waals surface area contributed by atoms with E-state index >= 15 is 0 Å². The molecule has 1 aromatic carbocycles. The normalized spacial score (nSPS) is 23.9. The first-order valence-corrected chi connectivity index (χ1v) is 7.05. The molecule has 108 valence electrons. The van der Waals surface area contributed by atoms with Crippen molar-refractivity contribution in [2.24, 2.45) is 0 Å². The number of carbonyl (C=O) groups excluding carboxylic acids is 1. The third-order valence-corrected chi connectivity index (χ3v) is 3.04. The highest BCUT2D eigenvalue weighted by atomic mass is 16.6. The number of likely N-dealkylation sites (tertiary alicyclic amines) is 1. The Morgan fingerprint density at radius 2 is 2.10 bits per heavy atom. The Bertz CT molecular complexity index is 521. The summed E-state index contributed by atoms with van der Waals surface area (Å²) >= 11 is 0. The summed E-state index contributed by atoms with van der Waals surface area (Å²) in [5.74, 6) is 0. The topological polar surface area (TPSA) is 29.5 Å². The van der Waals surface area contributed by atoms with Crippen LogP contribution in [0.3, 0.4) is 0 Å². The molecule has 1 aliphatic heterocycles. The molecule has 1 aromatic rings. The SMILES string of the molecule is [2H]C1(/C=C/c2ccccc2)CCCN1C(=O)OC(C)(C)C. The third kappa shape index (κ3) is 4.12. The van der Waals surface area contributed by atoms with E-state index in [0.29, 0.717) is 13.0 Å². The average molecular weight is 274 g/mol. The van der Waals surface area contributed by atoms with E-state index in [1.807, 2.05) is 57.2 Å². The van der Waals surface area contributed by atoms with E-state index in [-0.39, 0.29) is 0 Å². The average Bonchev–Trinajstić information content (AvgIpc) is 2.78. The molecule has 20 heavy (non-hydrogen) atoms. The quantitative estimate of drug-likeness (QED) is 0.812. The zero-order valence-corrected chi connectivity index (χ0v) is 12.4. The van der Waals surface area contributed by atoms with Crippen molar-refractivity contribution in [2.75, 3.05) is 6.54 Å². The van der Waals surface area contributed by atoms with Crippen molar-refractivity contribution < 1.29 is 10.9 Å². The van der Waals surface area contributed by atoms with Gasteiger partial charge in [0.05, 0.1) is 7.39 Å². The Labute approximate surface area is 122 Å². The van der Waals surface area contributed by atoms with Gasteiger partial charge in [-0.15, -0.1) is 0 Å². The van der Waals surface area contributed by atoms with Crippen LogP contribution in [-0.2, 0) is 4.74 Å². The third-order valence-electron chi connectivity index (χ3n) is 3.04. The second-order valence-electron chi connectivity index (χ2n) is 5.97. The highest BCUT2D eigenvalue weighted by Gasteiger charge is 2.30. The molecule has 3 heteroatoms. The monoisotopic (exact) mass is 274 g/mol. The first kappa shape index (κ1) is 13.2. The molecule has 0 radical (unpaired) electrons. The van der Waals surface area contributed by atoms with Crippen LogP contribution >= 0.6 is 0 Å². The fourth-order valence-corrected chi connectivity index (χ4v) is 2.15. The summed E-state index contributed by atoms with van der Waals surface area (Å²) in [5.41, 5.74) is 0.490. The predicted molar refractivity (Wildman–Crippen MR) is 81.4 cm³/mol. The van der Waals surface area contributed by atoms with Crippen molar-refractivity contribution >= 4 is 12.2 Å². The van der Waals surface area contributed by atoms with Gasteiger partial charge in [-0.1, -0.05) is 42.5 Å². The molecule has 0 saturated carbocycles. The van der Waals surface area contributed by atoms with E-state index < -0.39 is 17.7 Å². The highest BCUT2D eigenvalue weighted by molar-refractivity contribution is 5.69. The second-order valence-corrected chi connectivity index (χ2v) is 5.97. The molecule has 0 aliphatic carbocycles. The molecule has 1 fully saturated rings. The molecule has 1 saturated heterocycles. The minimum atomic E-state index is -1.02. The fourth-order valence-electron chi connectivity index (χ4n) is 2.15. The highest BCUT2D eigenvalue weighted by Crippen LogP contribution is 2.22.